The Morgan fingerprint density at radius 3 is 2.43 bits per heavy atom. The minimum Gasteiger partial charge on any atom is -0.459 e. The number of carbonyl (C=O) groups is 2. The molecule has 124 valence electrons. The van der Waals surface area contributed by atoms with Crippen molar-refractivity contribution < 1.29 is 27.8 Å². The predicted octanol–water partition coefficient (Wildman–Crippen LogP) is 3.55. The third-order valence-corrected chi connectivity index (χ3v) is 3.70. The number of ether oxygens (including phenoxy) is 2. The molecule has 6 heteroatoms. The Morgan fingerprint density at radius 2 is 1.83 bits per heavy atom. The first-order valence-corrected chi connectivity index (χ1v) is 7.49. The molecular formula is C17H18F2O4. The summed E-state index contributed by atoms with van der Waals surface area (Å²) in [6.07, 6.45) is 4.94. The number of halogens is 2. The number of hydrogen-bond acceptors (Lipinski definition) is 4. The molecule has 0 bridgehead atoms. The van der Waals surface area contributed by atoms with Crippen LogP contribution < -0.4 is 4.74 Å². The maximum absolute atomic E-state index is 13.1. The van der Waals surface area contributed by atoms with Crippen LogP contribution in [0, 0.1) is 17.6 Å². The van der Waals surface area contributed by atoms with E-state index in [2.05, 4.69) is 0 Å². The molecule has 1 aromatic rings. The van der Waals surface area contributed by atoms with Crippen molar-refractivity contribution in [3.63, 3.8) is 0 Å². The second-order valence-electron chi connectivity index (χ2n) is 5.41. The average molecular weight is 324 g/mol. The normalized spacial score (nSPS) is 21.2. The van der Waals surface area contributed by atoms with Crippen molar-refractivity contribution in [1.29, 1.82) is 0 Å². The summed E-state index contributed by atoms with van der Waals surface area (Å²) in [5.41, 5.74) is 0. The van der Waals surface area contributed by atoms with Gasteiger partial charge in [-0.05, 0) is 44.7 Å². The molecule has 0 radical (unpaired) electrons. The summed E-state index contributed by atoms with van der Waals surface area (Å²) in [5, 5.41) is 0. The van der Waals surface area contributed by atoms with E-state index in [0.29, 0.717) is 25.7 Å². The SMILES string of the molecule is C/C=C/C(=O)OC1CCC(C(=O)Oc2ccc(F)c(F)c2)CC1. The zero-order chi connectivity index (χ0) is 16.8. The molecule has 1 aliphatic carbocycles. The molecule has 2 rings (SSSR count). The summed E-state index contributed by atoms with van der Waals surface area (Å²) >= 11 is 0. The van der Waals surface area contributed by atoms with Crippen LogP contribution >= 0.6 is 0 Å². The largest absolute Gasteiger partial charge is 0.459 e. The molecule has 0 saturated heterocycles. The fourth-order valence-corrected chi connectivity index (χ4v) is 2.50. The second kappa shape index (κ2) is 7.85. The zero-order valence-corrected chi connectivity index (χ0v) is 12.8. The highest BCUT2D eigenvalue weighted by Crippen LogP contribution is 2.28. The van der Waals surface area contributed by atoms with Crippen molar-refractivity contribution in [1.82, 2.24) is 0 Å². The minimum atomic E-state index is -1.06. The standard InChI is InChI=1S/C17H18F2O4/c1-2-3-16(20)22-12-6-4-11(5-7-12)17(21)23-13-8-9-14(18)15(19)10-13/h2-3,8-12H,4-7H2,1H3/b3-2+. The lowest BCUT2D eigenvalue weighted by molar-refractivity contribution is -0.147. The van der Waals surface area contributed by atoms with E-state index in [4.69, 9.17) is 9.47 Å². The van der Waals surface area contributed by atoms with Crippen LogP contribution in [0.5, 0.6) is 5.75 Å². The third kappa shape index (κ3) is 4.87. The topological polar surface area (TPSA) is 52.6 Å². The van der Waals surface area contributed by atoms with Crippen LogP contribution in [0.25, 0.3) is 0 Å². The summed E-state index contributed by atoms with van der Waals surface area (Å²) in [7, 11) is 0. The van der Waals surface area contributed by atoms with Gasteiger partial charge >= 0.3 is 11.9 Å². The first-order valence-electron chi connectivity index (χ1n) is 7.49. The first kappa shape index (κ1) is 17.1. The highest BCUT2D eigenvalue weighted by Gasteiger charge is 2.29. The van der Waals surface area contributed by atoms with Crippen molar-refractivity contribution in [2.24, 2.45) is 5.92 Å². The lowest BCUT2D eigenvalue weighted by atomic mass is 9.87. The molecule has 1 fully saturated rings. The molecule has 1 saturated carbocycles. The molecule has 0 N–H and O–H groups in total. The van der Waals surface area contributed by atoms with Gasteiger partial charge in [-0.1, -0.05) is 6.08 Å². The molecule has 0 spiro atoms. The van der Waals surface area contributed by atoms with Crippen LogP contribution in [0.1, 0.15) is 32.6 Å². The van der Waals surface area contributed by atoms with E-state index in [-0.39, 0.29) is 23.7 Å². The van der Waals surface area contributed by atoms with Crippen LogP contribution in [0.2, 0.25) is 0 Å². The van der Waals surface area contributed by atoms with Crippen molar-refractivity contribution in [3.05, 3.63) is 42.0 Å². The molecule has 1 aliphatic rings. The van der Waals surface area contributed by atoms with E-state index in [9.17, 15) is 18.4 Å². The molecule has 0 aliphatic heterocycles. The summed E-state index contributed by atoms with van der Waals surface area (Å²) < 4.78 is 36.2. The third-order valence-electron chi connectivity index (χ3n) is 3.70. The van der Waals surface area contributed by atoms with E-state index in [1.807, 2.05) is 0 Å². The summed E-state index contributed by atoms with van der Waals surface area (Å²) in [5.74, 6) is -3.27. The molecule has 4 nitrogen and oxygen atoms in total. The smallest absolute Gasteiger partial charge is 0.330 e. The lowest BCUT2D eigenvalue weighted by Crippen LogP contribution is -2.29. The second-order valence-corrected chi connectivity index (χ2v) is 5.41. The summed E-state index contributed by atoms with van der Waals surface area (Å²) in [6, 6.07) is 2.97. The molecule has 0 atom stereocenters. The van der Waals surface area contributed by atoms with E-state index in [1.165, 1.54) is 12.1 Å². The molecule has 0 heterocycles. The molecular weight excluding hydrogens is 306 g/mol. The number of benzene rings is 1. The highest BCUT2D eigenvalue weighted by molar-refractivity contribution is 5.82. The number of hydrogen-bond donors (Lipinski definition) is 0. The Hall–Kier alpha value is -2.24. The minimum absolute atomic E-state index is 0.0180. The van der Waals surface area contributed by atoms with Crippen LogP contribution in [0.15, 0.2) is 30.4 Å². The summed E-state index contributed by atoms with van der Waals surface area (Å²) in [4.78, 5) is 23.4. The van der Waals surface area contributed by atoms with Gasteiger partial charge in [-0.2, -0.15) is 0 Å². The quantitative estimate of drug-likeness (QED) is 0.483. The Morgan fingerprint density at radius 1 is 1.13 bits per heavy atom. The number of carbonyl (C=O) groups excluding carboxylic acids is 2. The van der Waals surface area contributed by atoms with E-state index >= 15 is 0 Å². The van der Waals surface area contributed by atoms with Gasteiger partial charge < -0.3 is 9.47 Å². The number of esters is 2. The van der Waals surface area contributed by atoms with Crippen molar-refractivity contribution in [2.75, 3.05) is 0 Å². The number of allylic oxidation sites excluding steroid dienone is 1. The van der Waals surface area contributed by atoms with Crippen molar-refractivity contribution >= 4 is 11.9 Å². The van der Waals surface area contributed by atoms with Crippen LogP contribution in [-0.2, 0) is 14.3 Å². The Kier molecular flexibility index (Phi) is 5.84. The van der Waals surface area contributed by atoms with E-state index < -0.39 is 17.6 Å². The Labute approximate surface area is 133 Å². The number of rotatable bonds is 4. The van der Waals surface area contributed by atoms with Crippen molar-refractivity contribution in [3.8, 4) is 5.75 Å². The fourth-order valence-electron chi connectivity index (χ4n) is 2.50. The fraction of sp³-hybridized carbons (Fsp3) is 0.412. The van der Waals surface area contributed by atoms with Crippen LogP contribution in [0.4, 0.5) is 8.78 Å². The maximum Gasteiger partial charge on any atom is 0.330 e. The highest BCUT2D eigenvalue weighted by atomic mass is 19.2. The molecule has 0 aromatic heterocycles. The Balaban J connectivity index is 1.83. The van der Waals surface area contributed by atoms with Gasteiger partial charge in [-0.3, -0.25) is 4.79 Å². The van der Waals surface area contributed by atoms with Crippen LogP contribution in [0.3, 0.4) is 0 Å². The Bertz CT molecular complexity index is 605. The predicted molar refractivity (Wildman–Crippen MR) is 78.6 cm³/mol. The maximum atomic E-state index is 13.1. The summed E-state index contributed by atoms with van der Waals surface area (Å²) in [6.45, 7) is 1.73. The van der Waals surface area contributed by atoms with Gasteiger partial charge in [-0.15, -0.1) is 0 Å². The van der Waals surface area contributed by atoms with Gasteiger partial charge in [0, 0.05) is 12.1 Å². The van der Waals surface area contributed by atoms with Gasteiger partial charge in [0.05, 0.1) is 5.92 Å². The zero-order valence-electron chi connectivity index (χ0n) is 12.8. The van der Waals surface area contributed by atoms with Gasteiger partial charge in [0.15, 0.2) is 11.6 Å². The van der Waals surface area contributed by atoms with Gasteiger partial charge in [0.1, 0.15) is 11.9 Å². The first-order chi connectivity index (χ1) is 11.0. The molecule has 0 amide bonds. The van der Waals surface area contributed by atoms with Crippen molar-refractivity contribution in [2.45, 2.75) is 38.7 Å². The van der Waals surface area contributed by atoms with Gasteiger partial charge in [0.2, 0.25) is 0 Å². The van der Waals surface area contributed by atoms with E-state index in [1.54, 1.807) is 13.0 Å². The monoisotopic (exact) mass is 324 g/mol. The van der Waals surface area contributed by atoms with Crippen LogP contribution in [-0.4, -0.2) is 18.0 Å². The molecule has 23 heavy (non-hydrogen) atoms. The van der Waals surface area contributed by atoms with E-state index in [0.717, 1.165) is 12.1 Å². The average Bonchev–Trinajstić information content (AvgIpc) is 2.52. The van der Waals surface area contributed by atoms with Gasteiger partial charge in [0.25, 0.3) is 0 Å². The lowest BCUT2D eigenvalue weighted by Gasteiger charge is -2.26. The molecule has 1 aromatic carbocycles. The molecule has 0 unspecified atom stereocenters. The van der Waals surface area contributed by atoms with Gasteiger partial charge in [-0.25, -0.2) is 13.6 Å².